The molecule has 0 fully saturated rings. The summed E-state index contributed by atoms with van der Waals surface area (Å²) in [6.07, 6.45) is 1.91. The summed E-state index contributed by atoms with van der Waals surface area (Å²) in [6.45, 7) is 7.23. The Morgan fingerprint density at radius 2 is 2.17 bits per heavy atom. The molecule has 0 saturated heterocycles. The summed E-state index contributed by atoms with van der Waals surface area (Å²) < 4.78 is 0. The number of benzene rings is 1. The molecule has 0 aliphatic carbocycles. The highest BCUT2D eigenvalue weighted by molar-refractivity contribution is 5.83. The van der Waals surface area contributed by atoms with Crippen molar-refractivity contribution in [3.8, 4) is 0 Å². The Balaban J connectivity index is 2.64. The molecule has 0 bridgehead atoms. The van der Waals surface area contributed by atoms with Crippen LogP contribution in [0.15, 0.2) is 30.5 Å². The van der Waals surface area contributed by atoms with E-state index in [2.05, 4.69) is 9.83 Å². The summed E-state index contributed by atoms with van der Waals surface area (Å²) in [5, 5.41) is 1.16. The van der Waals surface area contributed by atoms with Gasteiger partial charge in [-0.1, -0.05) is 18.2 Å². The second-order valence-electron chi connectivity index (χ2n) is 2.68. The Morgan fingerprint density at radius 1 is 1.33 bits per heavy atom. The van der Waals surface area contributed by atoms with Crippen molar-refractivity contribution in [2.24, 2.45) is 0 Å². The van der Waals surface area contributed by atoms with E-state index >= 15 is 0 Å². The number of nitrogens with zero attached hydrogens (tertiary/aromatic N) is 1. The number of rotatable bonds is 1. The third-order valence-electron chi connectivity index (χ3n) is 1.92. The summed E-state index contributed by atoms with van der Waals surface area (Å²) >= 11 is 0. The quantitative estimate of drug-likeness (QED) is 0.612. The van der Waals surface area contributed by atoms with E-state index in [1.165, 1.54) is 0 Å². The maximum Gasteiger partial charge on any atom is 0.241 e. The lowest BCUT2D eigenvalue weighted by molar-refractivity contribution is 1.28. The van der Waals surface area contributed by atoms with Gasteiger partial charge in [0.2, 0.25) is 6.54 Å². The first kappa shape index (κ1) is 6.93. The Labute approximate surface area is 70.7 Å². The fourth-order valence-electron chi connectivity index (χ4n) is 1.35. The lowest BCUT2D eigenvalue weighted by Gasteiger charge is -1.88. The number of H-pyrrole nitrogens is 1. The van der Waals surface area contributed by atoms with E-state index in [9.17, 15) is 0 Å². The lowest BCUT2D eigenvalue weighted by Crippen LogP contribution is -1.73. The number of para-hydroxylation sites is 1. The van der Waals surface area contributed by atoms with Gasteiger partial charge in [0.05, 0.1) is 5.56 Å². The van der Waals surface area contributed by atoms with Crippen LogP contribution in [-0.2, 0) is 6.54 Å². The van der Waals surface area contributed by atoms with Crippen molar-refractivity contribution in [1.82, 2.24) is 4.98 Å². The Hall–Kier alpha value is -1.75. The smallest absolute Gasteiger partial charge is 0.241 e. The molecule has 0 unspecified atom stereocenters. The predicted octanol–water partition coefficient (Wildman–Crippen LogP) is 2.59. The van der Waals surface area contributed by atoms with Gasteiger partial charge >= 0.3 is 0 Å². The van der Waals surface area contributed by atoms with Crippen LogP contribution in [0.3, 0.4) is 0 Å². The average molecular weight is 156 g/mol. The van der Waals surface area contributed by atoms with Gasteiger partial charge in [-0.2, -0.15) is 0 Å². The summed E-state index contributed by atoms with van der Waals surface area (Å²) in [4.78, 5) is 6.49. The zero-order chi connectivity index (χ0) is 8.39. The minimum atomic E-state index is 0.462. The first-order valence-electron chi connectivity index (χ1n) is 3.80. The van der Waals surface area contributed by atoms with Gasteiger partial charge in [-0.15, -0.1) is 0 Å². The van der Waals surface area contributed by atoms with Crippen molar-refractivity contribution in [2.45, 2.75) is 6.54 Å². The lowest BCUT2D eigenvalue weighted by atomic mass is 10.2. The Bertz CT molecular complexity index is 434. The van der Waals surface area contributed by atoms with E-state index in [0.29, 0.717) is 6.54 Å². The van der Waals surface area contributed by atoms with Crippen molar-refractivity contribution in [3.05, 3.63) is 47.4 Å². The second kappa shape index (κ2) is 2.71. The summed E-state index contributed by atoms with van der Waals surface area (Å²) in [5.74, 6) is 0. The van der Waals surface area contributed by atoms with Crippen LogP contribution >= 0.6 is 0 Å². The monoisotopic (exact) mass is 156 g/mol. The number of aromatic nitrogens is 1. The molecule has 2 nitrogen and oxygen atoms in total. The molecule has 2 rings (SSSR count). The molecule has 1 N–H and O–H groups in total. The molecule has 12 heavy (non-hydrogen) atoms. The molecule has 1 aromatic heterocycles. The molecule has 0 atom stereocenters. The molecule has 0 aliphatic rings. The first-order chi connectivity index (χ1) is 5.92. The molecule has 2 aromatic rings. The highest BCUT2D eigenvalue weighted by Gasteiger charge is 2.02. The topological polar surface area (TPSA) is 20.1 Å². The first-order valence-corrected chi connectivity index (χ1v) is 3.80. The van der Waals surface area contributed by atoms with Crippen LogP contribution in [0.1, 0.15) is 5.56 Å². The van der Waals surface area contributed by atoms with Crippen LogP contribution < -0.4 is 0 Å². The minimum Gasteiger partial charge on any atom is -0.361 e. The predicted molar refractivity (Wildman–Crippen MR) is 48.6 cm³/mol. The maximum atomic E-state index is 6.77. The van der Waals surface area contributed by atoms with Crippen LogP contribution in [0.5, 0.6) is 0 Å². The van der Waals surface area contributed by atoms with Crippen LogP contribution in [0, 0.1) is 6.57 Å². The van der Waals surface area contributed by atoms with Gasteiger partial charge in [-0.25, -0.2) is 6.57 Å². The number of aromatic amines is 1. The third-order valence-corrected chi connectivity index (χ3v) is 1.92. The van der Waals surface area contributed by atoms with Gasteiger partial charge in [0.15, 0.2) is 0 Å². The SMILES string of the molecule is [C-]#[N+]Cc1c[nH]c2ccccc12. The van der Waals surface area contributed by atoms with Gasteiger partial charge in [-0.3, -0.25) is 0 Å². The molecule has 0 amide bonds. The molecule has 58 valence electrons. The van der Waals surface area contributed by atoms with Gasteiger partial charge < -0.3 is 9.83 Å². The van der Waals surface area contributed by atoms with Gasteiger partial charge in [0.1, 0.15) is 0 Å². The normalized spacial score (nSPS) is 9.92. The van der Waals surface area contributed by atoms with Crippen molar-refractivity contribution in [2.75, 3.05) is 0 Å². The molecule has 0 spiro atoms. The number of nitrogens with one attached hydrogen (secondary N) is 1. The molecule has 2 heteroatoms. The molecule has 1 aromatic carbocycles. The third kappa shape index (κ3) is 0.960. The van der Waals surface area contributed by atoms with Crippen LogP contribution in [-0.4, -0.2) is 4.98 Å². The van der Waals surface area contributed by atoms with E-state index < -0.39 is 0 Å². The summed E-state index contributed by atoms with van der Waals surface area (Å²) in [6, 6.07) is 8.03. The highest BCUT2D eigenvalue weighted by Crippen LogP contribution is 2.17. The fourth-order valence-corrected chi connectivity index (χ4v) is 1.35. The summed E-state index contributed by atoms with van der Waals surface area (Å²) in [5.41, 5.74) is 2.19. The molecule has 1 heterocycles. The van der Waals surface area contributed by atoms with Crippen molar-refractivity contribution < 1.29 is 0 Å². The molecule has 0 saturated carbocycles. The van der Waals surface area contributed by atoms with Crippen LogP contribution in [0.4, 0.5) is 0 Å². The van der Waals surface area contributed by atoms with Crippen LogP contribution in [0.2, 0.25) is 0 Å². The minimum absolute atomic E-state index is 0.462. The van der Waals surface area contributed by atoms with E-state index in [0.717, 1.165) is 16.5 Å². The maximum absolute atomic E-state index is 6.77. The number of hydrogen-bond acceptors (Lipinski definition) is 0. The van der Waals surface area contributed by atoms with E-state index in [1.807, 2.05) is 30.5 Å². The number of hydrogen-bond donors (Lipinski definition) is 1. The van der Waals surface area contributed by atoms with Gasteiger partial charge in [-0.05, 0) is 6.07 Å². The van der Waals surface area contributed by atoms with Gasteiger partial charge in [0, 0.05) is 17.1 Å². The molecular weight excluding hydrogens is 148 g/mol. The molecule has 0 aliphatic heterocycles. The molecule has 0 radical (unpaired) electrons. The highest BCUT2D eigenvalue weighted by atomic mass is 14.7. The number of fused-ring (bicyclic) bond motifs is 1. The van der Waals surface area contributed by atoms with E-state index in [-0.39, 0.29) is 0 Å². The van der Waals surface area contributed by atoms with Crippen molar-refractivity contribution in [1.29, 1.82) is 0 Å². The fraction of sp³-hybridized carbons (Fsp3) is 0.100. The van der Waals surface area contributed by atoms with E-state index in [4.69, 9.17) is 6.57 Å². The van der Waals surface area contributed by atoms with Crippen LogP contribution in [0.25, 0.3) is 15.7 Å². The largest absolute Gasteiger partial charge is 0.361 e. The molecular formula is C10H8N2. The zero-order valence-corrected chi connectivity index (χ0v) is 6.54. The van der Waals surface area contributed by atoms with Crippen molar-refractivity contribution >= 4 is 10.9 Å². The van der Waals surface area contributed by atoms with Gasteiger partial charge in [0.25, 0.3) is 0 Å². The second-order valence-corrected chi connectivity index (χ2v) is 2.68. The average Bonchev–Trinajstić information content (AvgIpc) is 2.50. The Morgan fingerprint density at radius 3 is 3.00 bits per heavy atom. The summed E-state index contributed by atoms with van der Waals surface area (Å²) in [7, 11) is 0. The zero-order valence-electron chi connectivity index (χ0n) is 6.54. The van der Waals surface area contributed by atoms with E-state index in [1.54, 1.807) is 0 Å². The Kier molecular flexibility index (Phi) is 1.56. The standard InChI is InChI=1S/C10H8N2/c1-11-6-8-7-12-10-5-3-2-4-9(8)10/h2-5,7,12H,6H2. The van der Waals surface area contributed by atoms with Crippen molar-refractivity contribution in [3.63, 3.8) is 0 Å².